The topological polar surface area (TPSA) is 357 Å². The Labute approximate surface area is 671 Å². The van der Waals surface area contributed by atoms with Crippen molar-refractivity contribution in [3.8, 4) is 0 Å². The predicted molar refractivity (Wildman–Crippen MR) is 437 cm³/mol. The fraction of sp³-hybridized carbons (Fsp3) is 0.435. The van der Waals surface area contributed by atoms with E-state index < -0.39 is 5.97 Å². The third-order valence-corrected chi connectivity index (χ3v) is 21.1. The first-order valence-corrected chi connectivity index (χ1v) is 39.2. The van der Waals surface area contributed by atoms with Crippen LogP contribution in [0.3, 0.4) is 0 Å². The summed E-state index contributed by atoms with van der Waals surface area (Å²) in [5.41, 5.74) is 14.7. The van der Waals surface area contributed by atoms with Crippen LogP contribution in [0.5, 0.6) is 0 Å². The summed E-state index contributed by atoms with van der Waals surface area (Å²) in [4.78, 5) is 139. The summed E-state index contributed by atoms with van der Waals surface area (Å²) in [5, 5.41) is 37.9. The molecule has 608 valence electrons. The lowest BCUT2D eigenvalue weighted by Crippen LogP contribution is -2.50. The number of epoxide rings is 1. The van der Waals surface area contributed by atoms with Gasteiger partial charge in [-0.3, -0.25) is 57.9 Å². The molecule has 3 unspecified atom stereocenters. The number of aliphatic hydroxyl groups excluding tert-OH is 2. The van der Waals surface area contributed by atoms with Crippen LogP contribution in [0.15, 0.2) is 145 Å². The molecule has 1 saturated carbocycles. The number of allylic oxidation sites excluding steroid dienone is 1. The molecule has 29 heteroatoms. The second kappa shape index (κ2) is 44.0. The number of aliphatic hydroxyl groups is 2. The molecule has 2 aliphatic carbocycles. The zero-order valence-corrected chi connectivity index (χ0v) is 66.3. The number of nitrogens with zero attached hydrogens (tertiary/aromatic N) is 10. The molecule has 7 fully saturated rings. The number of anilines is 1. The average Bonchev–Trinajstić information content (AvgIpc) is 1.60. The molecule has 8 heterocycles. The van der Waals surface area contributed by atoms with Gasteiger partial charge in [-0.1, -0.05) is 84.4 Å². The van der Waals surface area contributed by atoms with E-state index in [-0.39, 0.29) is 71.1 Å². The van der Waals surface area contributed by atoms with Crippen molar-refractivity contribution < 1.29 is 68.0 Å². The number of aromatic nitrogens is 1. The minimum atomic E-state index is -0.984. The Kier molecular flexibility index (Phi) is 33.9. The van der Waals surface area contributed by atoms with Crippen molar-refractivity contribution in [1.82, 2.24) is 54.8 Å². The second-order valence-electron chi connectivity index (χ2n) is 29.6. The maximum Gasteiger partial charge on any atom is 0.335 e. The standard InChI is InChI=1S/C29H33ClN6O3.C15H20N2O3.C13H16N2O2.C12H14N2O2.C8H6O3.C5H12N2.C3H6O/c1-16(37)15-35-8-10-36(11-9-35)29(39)18-4-2-17(3-5-18)22-13-23-27(33-22)26(21(30)14-32-23)34-25-20-7-6-19(12-20)24(25)28(31)38;1-12(19)10-16-6-8-17(9-7-16)15(20)14-4-2-13(11-18)3-5-14;1-14-6-8-15(9-7-14)13(17)12-4-2-11(10-16)3-5-12;15-9-10-1-3-11(4-2-10)12(16)14-7-5-13-6-8-14;9-5-6-1-3-7(4-2-6)8(10)11;1-7-4-2-6-3-5-7;1-3-2-4-3/h2-7,14,16,19-20,24-25,37H,8-13,15H2,1H3,(H2,31,38)(H,32,34);2-5,11-12,19H,6-10H2,1H3;2-5,10H,6-9H2,1H3;1-4,9,13H,5-8H2;1-5H,(H,10,11);6H,2-5H2,1H3;3H,2H2,1H3/t16?,19-,20+,24+,25-;;;;;;/m1....../s1. The van der Waals surface area contributed by atoms with E-state index >= 15 is 0 Å². The number of piperazine rings is 5. The van der Waals surface area contributed by atoms with Gasteiger partial charge < -0.3 is 71.1 Å². The van der Waals surface area contributed by atoms with Gasteiger partial charge in [-0.15, -0.1) is 0 Å². The van der Waals surface area contributed by atoms with Crippen LogP contribution in [-0.2, 0) is 16.0 Å². The summed E-state index contributed by atoms with van der Waals surface area (Å²) >= 11 is 6.59. The summed E-state index contributed by atoms with van der Waals surface area (Å²) < 4.78 is 4.71. The lowest BCUT2D eigenvalue weighted by molar-refractivity contribution is -0.122. The smallest absolute Gasteiger partial charge is 0.335 e. The monoisotopic (exact) mass is 1580 g/mol. The fourth-order valence-corrected chi connectivity index (χ4v) is 14.3. The van der Waals surface area contributed by atoms with E-state index in [1.54, 1.807) is 92.8 Å². The number of hydrogen-bond donors (Lipinski definition) is 7. The number of pyridine rings is 1. The number of benzene rings is 5. The van der Waals surface area contributed by atoms with E-state index in [2.05, 4.69) is 73.7 Å². The number of carbonyl (C=O) groups excluding carboxylic acids is 9. The number of fused-ring (bicyclic) bond motifs is 3. The first-order valence-electron chi connectivity index (χ1n) is 38.8. The highest BCUT2D eigenvalue weighted by molar-refractivity contribution is 6.34. The van der Waals surface area contributed by atoms with Crippen molar-refractivity contribution >= 4 is 89.3 Å². The van der Waals surface area contributed by atoms with Crippen LogP contribution < -0.4 is 21.7 Å². The molecule has 7 atom stereocenters. The molecule has 2 bridgehead atoms. The average molecular weight is 1580 g/mol. The Bertz CT molecular complexity index is 4250. The number of rotatable bonds is 17. The third kappa shape index (κ3) is 26.2. The van der Waals surface area contributed by atoms with Crippen molar-refractivity contribution in [1.29, 1.82) is 0 Å². The molecular weight excluding hydrogens is 1480 g/mol. The van der Waals surface area contributed by atoms with Gasteiger partial charge in [0.1, 0.15) is 30.8 Å². The van der Waals surface area contributed by atoms with Gasteiger partial charge in [0.15, 0.2) is 0 Å². The molecular formula is C85H107ClN14O14. The molecule has 114 heavy (non-hydrogen) atoms. The summed E-state index contributed by atoms with van der Waals surface area (Å²) in [7, 11) is 4.21. The number of nitrogens with one attached hydrogen (secondary N) is 3. The maximum atomic E-state index is 13.1. The number of hydrogen-bond acceptors (Lipinski definition) is 22. The normalized spacial score (nSPS) is 20.7. The van der Waals surface area contributed by atoms with Gasteiger partial charge in [-0.25, -0.2) is 9.79 Å². The Morgan fingerprint density at radius 1 is 0.535 bits per heavy atom. The molecule has 1 aromatic heterocycles. The van der Waals surface area contributed by atoms with Crippen molar-refractivity contribution in [2.75, 3.05) is 170 Å². The highest BCUT2D eigenvalue weighted by Crippen LogP contribution is 2.48. The van der Waals surface area contributed by atoms with Crippen molar-refractivity contribution in [3.05, 3.63) is 206 Å². The van der Waals surface area contributed by atoms with E-state index in [0.29, 0.717) is 119 Å². The zero-order chi connectivity index (χ0) is 81.8. The van der Waals surface area contributed by atoms with Crippen LogP contribution >= 0.6 is 11.6 Å². The SMILES string of the molecule is CC(O)CN1CCN(C(=O)c2ccc(C3=Nc4c(ncc(Cl)c4N[C@H]4[C@@H](C(N)=O)[C@@H]5C=C[C@H]4C5)C3)cc2)CC1.CC(O)CN1CCN(C(=O)c2ccc(C=O)cc2)CC1.CC1CO1.CN1CCN(C(=O)c2ccc(C=O)cc2)CC1.CN1CCNCC1.O=Cc1ccc(C(=O)N2CCNCC2)cc1.O=Cc1ccc(C(=O)O)cc1. The van der Waals surface area contributed by atoms with Crippen LogP contribution in [0.2, 0.25) is 5.02 Å². The maximum absolute atomic E-state index is 13.1. The van der Waals surface area contributed by atoms with E-state index in [1.165, 1.54) is 37.4 Å². The number of carboxylic acid groups (broad SMARTS) is 1. The first kappa shape index (κ1) is 87.8. The molecule has 28 nitrogen and oxygen atoms in total. The number of aliphatic imine (C=N–C) groups is 1. The Morgan fingerprint density at radius 2 is 0.886 bits per heavy atom. The van der Waals surface area contributed by atoms with Gasteiger partial charge in [0.2, 0.25) is 5.91 Å². The predicted octanol–water partition coefficient (Wildman–Crippen LogP) is 5.83. The minimum absolute atomic E-state index is 0.000791. The molecule has 0 radical (unpaired) electrons. The number of aldehydes is 4. The Balaban J connectivity index is 0.000000168. The van der Waals surface area contributed by atoms with Crippen LogP contribution in [0.1, 0.15) is 132 Å². The van der Waals surface area contributed by atoms with Crippen molar-refractivity contribution in [2.45, 2.75) is 58.0 Å². The van der Waals surface area contributed by atoms with E-state index in [0.717, 1.165) is 140 Å². The van der Waals surface area contributed by atoms with E-state index in [4.69, 9.17) is 32.2 Å². The third-order valence-electron chi connectivity index (χ3n) is 20.8. The summed E-state index contributed by atoms with van der Waals surface area (Å²) in [5.74, 6) is -1.08. The van der Waals surface area contributed by atoms with E-state index in [1.807, 2.05) is 43.9 Å². The highest BCUT2D eigenvalue weighted by Gasteiger charge is 2.48. The number of β-amino-alcohol motifs (C(OH)–C–C–N with tert-alkyl or cyclic N) is 2. The highest BCUT2D eigenvalue weighted by atomic mass is 35.5. The summed E-state index contributed by atoms with van der Waals surface area (Å²) in [6.07, 6.45) is 10.2. The zero-order valence-electron chi connectivity index (χ0n) is 65.6. The van der Waals surface area contributed by atoms with Crippen LogP contribution in [0, 0.1) is 17.8 Å². The van der Waals surface area contributed by atoms with Gasteiger partial charge in [0.05, 0.1) is 58.5 Å². The second-order valence-corrected chi connectivity index (χ2v) is 30.0. The number of primary amides is 1. The molecule has 9 aliphatic rings. The molecule has 6 aromatic rings. The molecule has 8 N–H and O–H groups in total. The molecule has 5 aromatic carbocycles. The number of carbonyl (C=O) groups is 10. The van der Waals surface area contributed by atoms with Gasteiger partial charge in [-0.05, 0) is 119 Å². The number of amides is 5. The molecule has 5 amide bonds. The number of nitrogens with two attached hydrogens (primary N) is 1. The minimum Gasteiger partial charge on any atom is -0.478 e. The number of likely N-dealkylation sites (N-methyl/N-ethyl adjacent to an activating group) is 2. The number of halogens is 1. The lowest BCUT2D eigenvalue weighted by atomic mass is 9.88. The van der Waals surface area contributed by atoms with Crippen LogP contribution in [0.25, 0.3) is 0 Å². The lowest BCUT2D eigenvalue weighted by Gasteiger charge is -2.35. The largest absolute Gasteiger partial charge is 0.478 e. The van der Waals surface area contributed by atoms with Crippen molar-refractivity contribution in [3.63, 3.8) is 0 Å². The summed E-state index contributed by atoms with van der Waals surface area (Å²) in [6.45, 7) is 24.9. The van der Waals surface area contributed by atoms with E-state index in [9.17, 15) is 58.2 Å². The van der Waals surface area contributed by atoms with Gasteiger partial charge in [-0.2, -0.15) is 0 Å². The quantitative estimate of drug-likeness (QED) is 0.0321. The van der Waals surface area contributed by atoms with Crippen LogP contribution in [-0.4, -0.2) is 315 Å². The number of ether oxygens (including phenoxy) is 1. The van der Waals surface area contributed by atoms with Crippen molar-refractivity contribution in [2.24, 2.45) is 28.5 Å². The van der Waals surface area contributed by atoms with Crippen LogP contribution in [0.4, 0.5) is 11.4 Å². The first-order chi connectivity index (χ1) is 54.9. The molecule has 15 rings (SSSR count). The Hall–Kier alpha value is -10.1. The van der Waals surface area contributed by atoms with Gasteiger partial charge >= 0.3 is 5.97 Å². The Morgan fingerprint density at radius 3 is 1.24 bits per heavy atom. The molecule has 7 aliphatic heterocycles. The number of aromatic carboxylic acids is 1. The fourth-order valence-electron chi connectivity index (χ4n) is 14.1. The molecule has 6 saturated heterocycles. The number of carboxylic acids is 1. The van der Waals surface area contributed by atoms with Gasteiger partial charge in [0.25, 0.3) is 23.6 Å². The summed E-state index contributed by atoms with van der Waals surface area (Å²) in [6, 6.07) is 33.4. The molecule has 0 spiro atoms. The van der Waals surface area contributed by atoms with Gasteiger partial charge in [0, 0.05) is 207 Å².